The lowest BCUT2D eigenvalue weighted by atomic mass is 10.2. The van der Waals surface area contributed by atoms with Crippen LogP contribution in [0, 0.1) is 0 Å². The number of aromatic nitrogens is 1. The number of nitrogens with one attached hydrogen (secondary N) is 1. The predicted molar refractivity (Wildman–Crippen MR) is 64.2 cm³/mol. The van der Waals surface area contributed by atoms with E-state index in [-0.39, 0.29) is 12.3 Å². The van der Waals surface area contributed by atoms with Crippen LogP contribution in [0.2, 0.25) is 0 Å². The van der Waals surface area contributed by atoms with E-state index < -0.39 is 0 Å². The number of benzene rings is 1. The Balaban J connectivity index is 2.02. The van der Waals surface area contributed by atoms with Gasteiger partial charge in [-0.2, -0.15) is 0 Å². The summed E-state index contributed by atoms with van der Waals surface area (Å²) in [4.78, 5) is 15.1. The van der Waals surface area contributed by atoms with E-state index >= 15 is 0 Å². The first kappa shape index (κ1) is 11.3. The second-order valence-electron chi connectivity index (χ2n) is 3.52. The maximum absolute atomic E-state index is 10.9. The number of amides is 1. The van der Waals surface area contributed by atoms with E-state index in [4.69, 9.17) is 10.6 Å². The fourth-order valence-electron chi connectivity index (χ4n) is 1.48. The molecule has 0 fully saturated rings. The van der Waals surface area contributed by atoms with Crippen molar-refractivity contribution in [3.63, 3.8) is 0 Å². The van der Waals surface area contributed by atoms with Gasteiger partial charge >= 0.3 is 0 Å². The fourth-order valence-corrected chi connectivity index (χ4v) is 1.48. The van der Waals surface area contributed by atoms with Crippen molar-refractivity contribution in [2.24, 2.45) is 5.84 Å². The van der Waals surface area contributed by atoms with Gasteiger partial charge < -0.3 is 4.74 Å². The molecule has 1 amide bonds. The summed E-state index contributed by atoms with van der Waals surface area (Å²) in [7, 11) is 0. The van der Waals surface area contributed by atoms with E-state index in [1.54, 1.807) is 6.20 Å². The normalized spacial score (nSPS) is 10.2. The fraction of sp³-hybridized carbons (Fsp3) is 0.167. The van der Waals surface area contributed by atoms with Crippen molar-refractivity contribution in [2.45, 2.75) is 6.42 Å². The standard InChI is InChI=1S/C12H13N3O2/c13-15-12(16)5-7-17-10-3-4-11-9(8-10)2-1-6-14-11/h1-4,6,8H,5,7,13H2,(H,15,16). The smallest absolute Gasteiger partial charge is 0.237 e. The molecule has 5 heteroatoms. The molecule has 0 spiro atoms. The van der Waals surface area contributed by atoms with Crippen LogP contribution in [-0.2, 0) is 4.79 Å². The zero-order chi connectivity index (χ0) is 12.1. The minimum absolute atomic E-state index is 0.238. The maximum Gasteiger partial charge on any atom is 0.237 e. The van der Waals surface area contributed by atoms with Crippen LogP contribution >= 0.6 is 0 Å². The van der Waals surface area contributed by atoms with Crippen molar-refractivity contribution in [3.05, 3.63) is 36.5 Å². The van der Waals surface area contributed by atoms with Gasteiger partial charge in [-0.25, -0.2) is 5.84 Å². The monoisotopic (exact) mass is 231 g/mol. The van der Waals surface area contributed by atoms with Crippen LogP contribution in [0.1, 0.15) is 6.42 Å². The minimum Gasteiger partial charge on any atom is -0.493 e. The number of hydrazine groups is 1. The van der Waals surface area contributed by atoms with Crippen molar-refractivity contribution in [2.75, 3.05) is 6.61 Å². The van der Waals surface area contributed by atoms with Crippen LogP contribution in [0.4, 0.5) is 0 Å². The Morgan fingerprint density at radius 1 is 1.41 bits per heavy atom. The number of carbonyl (C=O) groups excluding carboxylic acids is 1. The molecular formula is C12H13N3O2. The quantitative estimate of drug-likeness (QED) is 0.467. The molecule has 3 N–H and O–H groups in total. The summed E-state index contributed by atoms with van der Waals surface area (Å²) in [6.07, 6.45) is 1.98. The maximum atomic E-state index is 10.9. The van der Waals surface area contributed by atoms with Crippen LogP contribution in [0.5, 0.6) is 5.75 Å². The highest BCUT2D eigenvalue weighted by Gasteiger charge is 2.00. The average molecular weight is 231 g/mol. The van der Waals surface area contributed by atoms with Gasteiger partial charge in [0, 0.05) is 11.6 Å². The zero-order valence-corrected chi connectivity index (χ0v) is 9.22. The van der Waals surface area contributed by atoms with Crippen LogP contribution in [0.25, 0.3) is 10.9 Å². The molecule has 0 unspecified atom stereocenters. The highest BCUT2D eigenvalue weighted by Crippen LogP contribution is 2.18. The van der Waals surface area contributed by atoms with Gasteiger partial charge in [-0.1, -0.05) is 6.07 Å². The first-order valence-corrected chi connectivity index (χ1v) is 5.26. The lowest BCUT2D eigenvalue weighted by Crippen LogP contribution is -2.31. The third-order valence-corrected chi connectivity index (χ3v) is 2.33. The summed E-state index contributed by atoms with van der Waals surface area (Å²) >= 11 is 0. The van der Waals surface area contributed by atoms with Crippen molar-refractivity contribution >= 4 is 16.8 Å². The molecule has 2 aromatic rings. The second kappa shape index (κ2) is 5.27. The summed E-state index contributed by atoms with van der Waals surface area (Å²) in [5, 5.41) is 1.01. The van der Waals surface area contributed by atoms with Crippen molar-refractivity contribution in [1.29, 1.82) is 0 Å². The Morgan fingerprint density at radius 2 is 2.29 bits per heavy atom. The van der Waals surface area contributed by atoms with Crippen LogP contribution in [0.15, 0.2) is 36.5 Å². The van der Waals surface area contributed by atoms with E-state index in [1.165, 1.54) is 0 Å². The van der Waals surface area contributed by atoms with Crippen LogP contribution in [-0.4, -0.2) is 17.5 Å². The first-order chi connectivity index (χ1) is 8.29. The van der Waals surface area contributed by atoms with Crippen LogP contribution in [0.3, 0.4) is 0 Å². The number of carbonyl (C=O) groups is 1. The first-order valence-electron chi connectivity index (χ1n) is 5.26. The molecule has 1 aromatic carbocycles. The average Bonchev–Trinajstić information content (AvgIpc) is 2.38. The Bertz CT molecular complexity index is 528. The number of ether oxygens (including phenoxy) is 1. The van der Waals surface area contributed by atoms with Gasteiger partial charge in [0.2, 0.25) is 5.91 Å². The highest BCUT2D eigenvalue weighted by molar-refractivity contribution is 5.79. The third-order valence-electron chi connectivity index (χ3n) is 2.33. The number of fused-ring (bicyclic) bond motifs is 1. The molecule has 0 aliphatic carbocycles. The molecule has 0 bridgehead atoms. The Labute approximate surface area is 98.6 Å². The Hall–Kier alpha value is -2.14. The molecule has 0 aliphatic heterocycles. The van der Waals surface area contributed by atoms with Crippen molar-refractivity contribution in [1.82, 2.24) is 10.4 Å². The summed E-state index contributed by atoms with van der Waals surface area (Å²) in [6.45, 7) is 0.300. The number of nitrogens with zero attached hydrogens (tertiary/aromatic N) is 1. The molecule has 0 radical (unpaired) electrons. The lowest BCUT2D eigenvalue weighted by molar-refractivity contribution is -0.121. The molecular weight excluding hydrogens is 218 g/mol. The molecule has 88 valence electrons. The number of pyridine rings is 1. The SMILES string of the molecule is NNC(=O)CCOc1ccc2ncccc2c1. The number of nitrogens with two attached hydrogens (primary N) is 1. The van der Waals surface area contributed by atoms with Crippen LogP contribution < -0.4 is 16.0 Å². The summed E-state index contributed by atoms with van der Waals surface area (Å²) in [5.74, 6) is 5.44. The molecule has 0 aliphatic rings. The predicted octanol–water partition coefficient (Wildman–Crippen LogP) is 0.994. The summed E-state index contributed by atoms with van der Waals surface area (Å²) in [6, 6.07) is 9.43. The van der Waals surface area contributed by atoms with Crippen molar-refractivity contribution in [3.8, 4) is 5.75 Å². The Morgan fingerprint density at radius 3 is 3.12 bits per heavy atom. The van der Waals surface area contributed by atoms with E-state index in [9.17, 15) is 4.79 Å². The summed E-state index contributed by atoms with van der Waals surface area (Å²) in [5.41, 5.74) is 2.97. The van der Waals surface area contributed by atoms with Gasteiger partial charge in [-0.05, 0) is 24.3 Å². The van der Waals surface area contributed by atoms with Crippen molar-refractivity contribution < 1.29 is 9.53 Å². The van der Waals surface area contributed by atoms with Gasteiger partial charge in [-0.3, -0.25) is 15.2 Å². The molecule has 1 aromatic heterocycles. The molecule has 0 saturated heterocycles. The highest BCUT2D eigenvalue weighted by atomic mass is 16.5. The van der Waals surface area contributed by atoms with E-state index in [0.717, 1.165) is 16.7 Å². The third kappa shape index (κ3) is 2.92. The molecule has 17 heavy (non-hydrogen) atoms. The molecule has 1 heterocycles. The summed E-state index contributed by atoms with van der Waals surface area (Å²) < 4.78 is 5.44. The van der Waals surface area contributed by atoms with Gasteiger partial charge in [-0.15, -0.1) is 0 Å². The molecule has 5 nitrogen and oxygen atoms in total. The van der Waals surface area contributed by atoms with Gasteiger partial charge in [0.05, 0.1) is 18.5 Å². The topological polar surface area (TPSA) is 77.2 Å². The van der Waals surface area contributed by atoms with Gasteiger partial charge in [0.1, 0.15) is 5.75 Å². The second-order valence-corrected chi connectivity index (χ2v) is 3.52. The number of hydrogen-bond acceptors (Lipinski definition) is 4. The van der Waals surface area contributed by atoms with E-state index in [2.05, 4.69) is 10.4 Å². The van der Waals surface area contributed by atoms with Gasteiger partial charge in [0.15, 0.2) is 0 Å². The largest absolute Gasteiger partial charge is 0.493 e. The van der Waals surface area contributed by atoms with Gasteiger partial charge in [0.25, 0.3) is 0 Å². The lowest BCUT2D eigenvalue weighted by Gasteiger charge is -2.06. The molecule has 0 atom stereocenters. The number of hydrogen-bond donors (Lipinski definition) is 2. The van der Waals surface area contributed by atoms with E-state index in [0.29, 0.717) is 6.61 Å². The van der Waals surface area contributed by atoms with E-state index in [1.807, 2.05) is 30.3 Å². The minimum atomic E-state index is -0.243. The number of rotatable bonds is 4. The Kier molecular flexibility index (Phi) is 3.52. The zero-order valence-electron chi connectivity index (χ0n) is 9.22. The molecule has 2 rings (SSSR count). The molecule has 0 saturated carbocycles.